The summed E-state index contributed by atoms with van der Waals surface area (Å²) < 4.78 is 0. The van der Waals surface area contributed by atoms with Crippen molar-refractivity contribution >= 4 is 28.2 Å². The SMILES string of the molecule is Cc1nc(-c2ccc3[nH]ccc3c2)sc1C(=O)O. The van der Waals surface area contributed by atoms with Gasteiger partial charge in [-0.15, -0.1) is 11.3 Å². The molecule has 4 nitrogen and oxygen atoms in total. The average molecular weight is 258 g/mol. The molecule has 90 valence electrons. The number of aromatic carboxylic acids is 1. The minimum Gasteiger partial charge on any atom is -0.477 e. The summed E-state index contributed by atoms with van der Waals surface area (Å²) in [5.41, 5.74) is 2.57. The van der Waals surface area contributed by atoms with E-state index in [0.29, 0.717) is 10.6 Å². The van der Waals surface area contributed by atoms with E-state index in [1.807, 2.05) is 30.5 Å². The maximum atomic E-state index is 11.0. The van der Waals surface area contributed by atoms with E-state index < -0.39 is 5.97 Å². The molecule has 0 aliphatic heterocycles. The highest BCUT2D eigenvalue weighted by Crippen LogP contribution is 2.29. The number of rotatable bonds is 2. The Labute approximate surface area is 107 Å². The zero-order chi connectivity index (χ0) is 12.7. The molecule has 0 spiro atoms. The van der Waals surface area contributed by atoms with Gasteiger partial charge in [-0.25, -0.2) is 9.78 Å². The van der Waals surface area contributed by atoms with E-state index in [9.17, 15) is 4.79 Å². The largest absolute Gasteiger partial charge is 0.477 e. The first-order valence-electron chi connectivity index (χ1n) is 5.43. The Morgan fingerprint density at radius 3 is 2.94 bits per heavy atom. The number of carbonyl (C=O) groups is 1. The summed E-state index contributed by atoms with van der Waals surface area (Å²) in [6.45, 7) is 1.72. The standard InChI is InChI=1S/C13H10N2O2S/c1-7-11(13(16)17)18-12(15-7)9-2-3-10-8(6-9)4-5-14-10/h2-6,14H,1H3,(H,16,17). The lowest BCUT2D eigenvalue weighted by Crippen LogP contribution is -1.94. The Morgan fingerprint density at radius 1 is 1.39 bits per heavy atom. The molecule has 2 heterocycles. The number of aryl methyl sites for hydroxylation is 1. The fraction of sp³-hybridized carbons (Fsp3) is 0.0769. The van der Waals surface area contributed by atoms with Crippen molar-refractivity contribution in [2.24, 2.45) is 0 Å². The van der Waals surface area contributed by atoms with Gasteiger partial charge in [0.05, 0.1) is 5.69 Å². The van der Waals surface area contributed by atoms with E-state index in [1.165, 1.54) is 11.3 Å². The number of aromatic nitrogens is 2. The van der Waals surface area contributed by atoms with Gasteiger partial charge in [0.1, 0.15) is 9.88 Å². The second-order valence-electron chi connectivity index (χ2n) is 4.02. The third-order valence-electron chi connectivity index (χ3n) is 2.79. The summed E-state index contributed by atoms with van der Waals surface area (Å²) >= 11 is 1.21. The van der Waals surface area contributed by atoms with Crippen LogP contribution >= 0.6 is 11.3 Å². The number of thiazole rings is 1. The zero-order valence-electron chi connectivity index (χ0n) is 9.60. The molecule has 0 fully saturated rings. The van der Waals surface area contributed by atoms with Gasteiger partial charge in [-0.05, 0) is 31.2 Å². The molecule has 0 bridgehead atoms. The molecule has 5 heteroatoms. The van der Waals surface area contributed by atoms with Gasteiger partial charge in [0.2, 0.25) is 0 Å². The van der Waals surface area contributed by atoms with Gasteiger partial charge in [-0.1, -0.05) is 0 Å². The summed E-state index contributed by atoms with van der Waals surface area (Å²) in [4.78, 5) is 18.8. The Kier molecular flexibility index (Phi) is 2.41. The van der Waals surface area contributed by atoms with Gasteiger partial charge in [-0.3, -0.25) is 0 Å². The molecule has 0 amide bonds. The van der Waals surface area contributed by atoms with Crippen LogP contribution in [0.4, 0.5) is 0 Å². The third-order valence-corrected chi connectivity index (χ3v) is 3.99. The van der Waals surface area contributed by atoms with E-state index in [2.05, 4.69) is 9.97 Å². The Morgan fingerprint density at radius 2 is 2.22 bits per heavy atom. The molecule has 0 aliphatic carbocycles. The minimum atomic E-state index is -0.918. The molecular formula is C13H10N2O2S. The number of fused-ring (bicyclic) bond motifs is 1. The highest BCUT2D eigenvalue weighted by molar-refractivity contribution is 7.17. The topological polar surface area (TPSA) is 66.0 Å². The number of hydrogen-bond acceptors (Lipinski definition) is 3. The molecule has 3 aromatic rings. The molecule has 0 aliphatic rings. The Bertz CT molecular complexity index is 742. The van der Waals surface area contributed by atoms with Crippen LogP contribution in [0, 0.1) is 6.92 Å². The summed E-state index contributed by atoms with van der Waals surface area (Å²) in [6, 6.07) is 7.91. The highest BCUT2D eigenvalue weighted by atomic mass is 32.1. The number of carboxylic acids is 1. The van der Waals surface area contributed by atoms with Crippen molar-refractivity contribution in [3.8, 4) is 10.6 Å². The average Bonchev–Trinajstić information content (AvgIpc) is 2.93. The van der Waals surface area contributed by atoms with Gasteiger partial charge in [0, 0.05) is 22.7 Å². The molecular weight excluding hydrogens is 248 g/mol. The lowest BCUT2D eigenvalue weighted by atomic mass is 10.2. The predicted molar refractivity (Wildman–Crippen MR) is 71.1 cm³/mol. The number of hydrogen-bond donors (Lipinski definition) is 2. The fourth-order valence-corrected chi connectivity index (χ4v) is 2.81. The molecule has 0 saturated heterocycles. The van der Waals surface area contributed by atoms with Crippen LogP contribution in [0.1, 0.15) is 15.4 Å². The van der Waals surface area contributed by atoms with Crippen LogP contribution in [0.15, 0.2) is 30.5 Å². The van der Waals surface area contributed by atoms with Crippen molar-refractivity contribution < 1.29 is 9.90 Å². The summed E-state index contributed by atoms with van der Waals surface area (Å²) in [7, 11) is 0. The lowest BCUT2D eigenvalue weighted by Gasteiger charge is -1.96. The first-order chi connectivity index (χ1) is 8.65. The van der Waals surface area contributed by atoms with Crippen LogP contribution < -0.4 is 0 Å². The van der Waals surface area contributed by atoms with Gasteiger partial charge >= 0.3 is 5.97 Å². The van der Waals surface area contributed by atoms with Gasteiger partial charge < -0.3 is 10.1 Å². The minimum absolute atomic E-state index is 0.305. The van der Waals surface area contributed by atoms with E-state index >= 15 is 0 Å². The normalized spacial score (nSPS) is 10.9. The number of H-pyrrole nitrogens is 1. The van der Waals surface area contributed by atoms with Crippen molar-refractivity contribution in [2.75, 3.05) is 0 Å². The summed E-state index contributed by atoms with van der Waals surface area (Å²) in [5, 5.41) is 10.9. The number of carboxylic acid groups (broad SMARTS) is 1. The molecule has 1 aromatic carbocycles. The van der Waals surface area contributed by atoms with Crippen molar-refractivity contribution in [2.45, 2.75) is 6.92 Å². The van der Waals surface area contributed by atoms with Gasteiger partial charge in [0.25, 0.3) is 0 Å². The Balaban J connectivity index is 2.13. The van der Waals surface area contributed by atoms with Crippen molar-refractivity contribution in [3.05, 3.63) is 41.0 Å². The number of benzene rings is 1. The van der Waals surface area contributed by atoms with Crippen LogP contribution in [0.3, 0.4) is 0 Å². The predicted octanol–water partition coefficient (Wildman–Crippen LogP) is 3.30. The van der Waals surface area contributed by atoms with Crippen molar-refractivity contribution in [3.63, 3.8) is 0 Å². The molecule has 3 rings (SSSR count). The van der Waals surface area contributed by atoms with Crippen LogP contribution in [0.5, 0.6) is 0 Å². The molecule has 0 saturated carbocycles. The molecule has 0 unspecified atom stereocenters. The number of nitrogens with zero attached hydrogens (tertiary/aromatic N) is 1. The van der Waals surface area contributed by atoms with Crippen LogP contribution in [-0.4, -0.2) is 21.0 Å². The molecule has 2 N–H and O–H groups in total. The first-order valence-corrected chi connectivity index (χ1v) is 6.25. The molecule has 2 aromatic heterocycles. The van der Waals surface area contributed by atoms with E-state index in [4.69, 9.17) is 5.11 Å². The van der Waals surface area contributed by atoms with Crippen LogP contribution in [0.2, 0.25) is 0 Å². The first kappa shape index (κ1) is 11.0. The molecule has 18 heavy (non-hydrogen) atoms. The van der Waals surface area contributed by atoms with Crippen molar-refractivity contribution in [1.82, 2.24) is 9.97 Å². The maximum Gasteiger partial charge on any atom is 0.347 e. The zero-order valence-corrected chi connectivity index (χ0v) is 10.4. The maximum absolute atomic E-state index is 11.0. The van der Waals surface area contributed by atoms with Crippen LogP contribution in [-0.2, 0) is 0 Å². The number of aromatic amines is 1. The number of nitrogens with one attached hydrogen (secondary N) is 1. The highest BCUT2D eigenvalue weighted by Gasteiger charge is 2.15. The summed E-state index contributed by atoms with van der Waals surface area (Å²) in [5.74, 6) is -0.918. The quantitative estimate of drug-likeness (QED) is 0.741. The second kappa shape index (κ2) is 3.96. The Hall–Kier alpha value is -2.14. The monoisotopic (exact) mass is 258 g/mol. The van der Waals surface area contributed by atoms with Gasteiger partial charge in [0.15, 0.2) is 0 Å². The lowest BCUT2D eigenvalue weighted by molar-refractivity contribution is 0.0701. The van der Waals surface area contributed by atoms with E-state index in [1.54, 1.807) is 6.92 Å². The second-order valence-corrected chi connectivity index (χ2v) is 5.02. The van der Waals surface area contributed by atoms with E-state index in [-0.39, 0.29) is 0 Å². The van der Waals surface area contributed by atoms with Crippen molar-refractivity contribution in [1.29, 1.82) is 0 Å². The molecule has 0 atom stereocenters. The fourth-order valence-electron chi connectivity index (χ4n) is 1.90. The smallest absolute Gasteiger partial charge is 0.347 e. The van der Waals surface area contributed by atoms with Crippen LogP contribution in [0.25, 0.3) is 21.5 Å². The summed E-state index contributed by atoms with van der Waals surface area (Å²) in [6.07, 6.45) is 1.88. The van der Waals surface area contributed by atoms with E-state index in [0.717, 1.165) is 21.5 Å². The third kappa shape index (κ3) is 1.69. The van der Waals surface area contributed by atoms with Gasteiger partial charge in [-0.2, -0.15) is 0 Å². The molecule has 0 radical (unpaired) electrons.